The highest BCUT2D eigenvalue weighted by Gasteiger charge is 2.36. The van der Waals surface area contributed by atoms with E-state index < -0.39 is 5.92 Å². The van der Waals surface area contributed by atoms with Crippen molar-refractivity contribution in [2.24, 2.45) is 5.73 Å². The largest absolute Gasteiger partial charge is 0.496 e. The molecule has 0 saturated carbocycles. The molecule has 0 bridgehead atoms. The van der Waals surface area contributed by atoms with E-state index >= 15 is 0 Å². The molecule has 2 aromatic heterocycles. The Bertz CT molecular complexity index is 1370. The number of rotatable bonds is 8. The molecular formula is C25H27N5O5. The predicted molar refractivity (Wildman–Crippen MR) is 128 cm³/mol. The van der Waals surface area contributed by atoms with Gasteiger partial charge in [-0.05, 0) is 19.4 Å². The minimum absolute atomic E-state index is 0.0569. The number of nitriles is 1. The molecule has 0 saturated heterocycles. The summed E-state index contributed by atoms with van der Waals surface area (Å²) in [6.07, 6.45) is 6.05. The van der Waals surface area contributed by atoms with Gasteiger partial charge in [0.05, 0.1) is 39.1 Å². The van der Waals surface area contributed by atoms with E-state index in [0.717, 1.165) is 5.69 Å². The second-order valence-electron chi connectivity index (χ2n) is 8.05. The SMILES string of the molecule is COc1cc(OC)c(C2C(C#N)=C(N)Oc3cc(C)n(CCCn4ccnc4)c(=O)c32)cc1OC. The van der Waals surface area contributed by atoms with Gasteiger partial charge in [0.1, 0.15) is 23.1 Å². The summed E-state index contributed by atoms with van der Waals surface area (Å²) in [6, 6.07) is 7.26. The van der Waals surface area contributed by atoms with Crippen molar-refractivity contribution >= 4 is 0 Å². The van der Waals surface area contributed by atoms with Crippen molar-refractivity contribution in [1.82, 2.24) is 14.1 Å². The standard InChI is InChI=1S/C25H27N5O5/c1-15-10-21-23(25(31)30(15)8-5-7-29-9-6-28-14-29)22(17(13-26)24(27)35-21)16-11-19(33-3)20(34-4)12-18(16)32-2/h6,9-12,14,22H,5,7-8,27H2,1-4H3. The Morgan fingerprint density at radius 1 is 1.11 bits per heavy atom. The first-order valence-corrected chi connectivity index (χ1v) is 11.0. The van der Waals surface area contributed by atoms with Gasteiger partial charge in [0.25, 0.3) is 5.56 Å². The minimum atomic E-state index is -0.813. The Labute approximate surface area is 202 Å². The van der Waals surface area contributed by atoms with E-state index in [1.165, 1.54) is 21.3 Å². The van der Waals surface area contributed by atoms with Crippen LogP contribution in [0.25, 0.3) is 0 Å². The van der Waals surface area contributed by atoms with Gasteiger partial charge in [-0.3, -0.25) is 4.79 Å². The predicted octanol–water partition coefficient (Wildman–Crippen LogP) is 2.69. The summed E-state index contributed by atoms with van der Waals surface area (Å²) in [5.41, 5.74) is 7.59. The zero-order chi connectivity index (χ0) is 25.1. The maximum atomic E-state index is 13.9. The van der Waals surface area contributed by atoms with E-state index in [-0.39, 0.29) is 17.0 Å². The van der Waals surface area contributed by atoms with Crippen LogP contribution < -0.4 is 30.2 Å². The van der Waals surface area contributed by atoms with Crippen LogP contribution in [0.1, 0.15) is 29.2 Å². The number of nitrogens with zero attached hydrogens (tertiary/aromatic N) is 4. The highest BCUT2D eigenvalue weighted by molar-refractivity contribution is 5.61. The molecule has 0 fully saturated rings. The first-order valence-electron chi connectivity index (χ1n) is 11.0. The zero-order valence-corrected chi connectivity index (χ0v) is 20.1. The molecule has 1 aliphatic rings. The molecule has 2 N–H and O–H groups in total. The first kappa shape index (κ1) is 23.8. The van der Waals surface area contributed by atoms with Crippen molar-refractivity contribution in [2.75, 3.05) is 21.3 Å². The maximum absolute atomic E-state index is 13.9. The second-order valence-corrected chi connectivity index (χ2v) is 8.05. The summed E-state index contributed by atoms with van der Waals surface area (Å²) < 4.78 is 25.9. The molecule has 4 rings (SSSR count). The molecule has 1 unspecified atom stereocenters. The number of aromatic nitrogens is 3. The Morgan fingerprint density at radius 3 is 2.46 bits per heavy atom. The highest BCUT2D eigenvalue weighted by atomic mass is 16.5. The molecule has 10 nitrogen and oxygen atoms in total. The molecule has 1 atom stereocenters. The van der Waals surface area contributed by atoms with Crippen LogP contribution in [0.2, 0.25) is 0 Å². The molecule has 1 aromatic carbocycles. The number of imidazole rings is 1. The number of hydrogen-bond donors (Lipinski definition) is 1. The lowest BCUT2D eigenvalue weighted by Gasteiger charge is -2.28. The molecule has 1 aliphatic heterocycles. The van der Waals surface area contributed by atoms with Crippen LogP contribution in [0, 0.1) is 18.3 Å². The smallest absolute Gasteiger partial charge is 0.258 e. The quantitative estimate of drug-likeness (QED) is 0.525. The van der Waals surface area contributed by atoms with E-state index in [9.17, 15) is 10.1 Å². The lowest BCUT2D eigenvalue weighted by molar-refractivity contribution is 0.346. The van der Waals surface area contributed by atoms with Gasteiger partial charge in [0.15, 0.2) is 11.5 Å². The van der Waals surface area contributed by atoms with Crippen molar-refractivity contribution in [3.63, 3.8) is 0 Å². The summed E-state index contributed by atoms with van der Waals surface area (Å²) in [5.74, 6) is 0.756. The number of hydrogen-bond acceptors (Lipinski definition) is 8. The molecule has 0 aliphatic carbocycles. The van der Waals surface area contributed by atoms with Gasteiger partial charge < -0.3 is 33.8 Å². The average Bonchev–Trinajstić information content (AvgIpc) is 3.37. The number of allylic oxidation sites excluding steroid dienone is 1. The summed E-state index contributed by atoms with van der Waals surface area (Å²) in [5, 5.41) is 9.99. The van der Waals surface area contributed by atoms with Gasteiger partial charge in [-0.1, -0.05) is 0 Å². The molecule has 10 heteroatoms. The van der Waals surface area contributed by atoms with Crippen LogP contribution in [-0.2, 0) is 13.1 Å². The minimum Gasteiger partial charge on any atom is -0.496 e. The fourth-order valence-electron chi connectivity index (χ4n) is 4.38. The summed E-state index contributed by atoms with van der Waals surface area (Å²) in [7, 11) is 4.54. The van der Waals surface area contributed by atoms with Gasteiger partial charge in [0.2, 0.25) is 5.88 Å². The van der Waals surface area contributed by atoms with Crippen molar-refractivity contribution in [2.45, 2.75) is 32.4 Å². The van der Waals surface area contributed by atoms with Crippen molar-refractivity contribution in [3.8, 4) is 29.1 Å². The molecule has 3 aromatic rings. The number of aryl methyl sites for hydroxylation is 2. The third-order valence-corrected chi connectivity index (χ3v) is 6.09. The fraction of sp³-hybridized carbons (Fsp3) is 0.320. The number of ether oxygens (including phenoxy) is 4. The van der Waals surface area contributed by atoms with Gasteiger partial charge in [0, 0.05) is 48.9 Å². The van der Waals surface area contributed by atoms with E-state index in [4.69, 9.17) is 24.7 Å². The lowest BCUT2D eigenvalue weighted by Crippen LogP contribution is -2.33. The summed E-state index contributed by atoms with van der Waals surface area (Å²) in [6.45, 7) is 3.03. The Hall–Kier alpha value is -4.39. The molecule has 0 spiro atoms. The Kier molecular flexibility index (Phi) is 6.68. The monoisotopic (exact) mass is 477 g/mol. The molecule has 0 radical (unpaired) electrons. The zero-order valence-electron chi connectivity index (χ0n) is 20.1. The van der Waals surface area contributed by atoms with Gasteiger partial charge in [-0.2, -0.15) is 5.26 Å². The van der Waals surface area contributed by atoms with Crippen molar-refractivity contribution in [3.05, 3.63) is 75.6 Å². The topological polar surface area (TPSA) is 127 Å². The van der Waals surface area contributed by atoms with Crippen LogP contribution in [0.5, 0.6) is 23.0 Å². The van der Waals surface area contributed by atoms with Crippen molar-refractivity contribution < 1.29 is 18.9 Å². The molecular weight excluding hydrogens is 450 g/mol. The van der Waals surface area contributed by atoms with Crippen LogP contribution >= 0.6 is 0 Å². The lowest BCUT2D eigenvalue weighted by atomic mass is 9.83. The van der Waals surface area contributed by atoms with Crippen LogP contribution in [0.15, 0.2) is 53.2 Å². The summed E-state index contributed by atoms with van der Waals surface area (Å²) >= 11 is 0. The van der Waals surface area contributed by atoms with Gasteiger partial charge >= 0.3 is 0 Å². The normalized spacial score (nSPS) is 14.7. The van der Waals surface area contributed by atoms with E-state index in [2.05, 4.69) is 11.1 Å². The van der Waals surface area contributed by atoms with Crippen LogP contribution in [0.4, 0.5) is 0 Å². The highest BCUT2D eigenvalue weighted by Crippen LogP contribution is 2.46. The van der Waals surface area contributed by atoms with E-state index in [1.807, 2.05) is 17.7 Å². The number of benzene rings is 1. The maximum Gasteiger partial charge on any atom is 0.258 e. The molecule has 0 amide bonds. The second kappa shape index (κ2) is 9.85. The first-order chi connectivity index (χ1) is 16.9. The number of pyridine rings is 1. The number of nitrogens with two attached hydrogens (primary N) is 1. The Balaban J connectivity index is 1.87. The third-order valence-electron chi connectivity index (χ3n) is 6.09. The summed E-state index contributed by atoms with van der Waals surface area (Å²) in [4.78, 5) is 17.9. The van der Waals surface area contributed by atoms with Crippen molar-refractivity contribution in [1.29, 1.82) is 5.26 Å². The van der Waals surface area contributed by atoms with E-state index in [0.29, 0.717) is 53.6 Å². The van der Waals surface area contributed by atoms with Gasteiger partial charge in [-0.25, -0.2) is 4.98 Å². The van der Waals surface area contributed by atoms with Gasteiger partial charge in [-0.15, -0.1) is 0 Å². The molecule has 3 heterocycles. The number of methoxy groups -OCH3 is 3. The fourth-order valence-corrected chi connectivity index (χ4v) is 4.38. The van der Waals surface area contributed by atoms with Crippen LogP contribution in [0.3, 0.4) is 0 Å². The Morgan fingerprint density at radius 2 is 1.83 bits per heavy atom. The number of fused-ring (bicyclic) bond motifs is 1. The third kappa shape index (κ3) is 4.28. The molecule has 182 valence electrons. The van der Waals surface area contributed by atoms with Crippen LogP contribution in [-0.4, -0.2) is 35.4 Å². The average molecular weight is 478 g/mol. The van der Waals surface area contributed by atoms with E-state index in [1.54, 1.807) is 35.3 Å². The molecule has 35 heavy (non-hydrogen) atoms.